The van der Waals surface area contributed by atoms with Crippen LogP contribution in [-0.4, -0.2) is 0 Å². The van der Waals surface area contributed by atoms with Gasteiger partial charge in [-0.1, -0.05) is 211 Å². The monoisotopic (exact) mass is 619 g/mol. The summed E-state index contributed by atoms with van der Waals surface area (Å²) in [5.74, 6) is 0. The van der Waals surface area contributed by atoms with Gasteiger partial charge in [-0.05, 0) is 31.2 Å². The minimum absolute atomic E-state index is 0.978. The highest BCUT2D eigenvalue weighted by molar-refractivity contribution is 5.22. The van der Waals surface area contributed by atoms with Crippen LogP contribution >= 0.6 is 0 Å². The number of pyridine rings is 1. The van der Waals surface area contributed by atoms with Crippen molar-refractivity contribution in [3.8, 4) is 0 Å². The van der Waals surface area contributed by atoms with Gasteiger partial charge < -0.3 is 0 Å². The van der Waals surface area contributed by atoms with Crippen molar-refractivity contribution < 1.29 is 4.57 Å². The highest BCUT2D eigenvalue weighted by atomic mass is 14.9. The maximum atomic E-state index is 2.48. The summed E-state index contributed by atoms with van der Waals surface area (Å²) >= 11 is 0. The summed E-state index contributed by atoms with van der Waals surface area (Å²) in [6.45, 7) is 5.59. The Balaban J connectivity index is 1.61. The lowest BCUT2D eigenvalue weighted by Gasteiger charge is -2.10. The lowest BCUT2D eigenvalue weighted by atomic mass is 9.97. The molecule has 1 nitrogen and oxygen atoms in total. The van der Waals surface area contributed by atoms with E-state index in [4.69, 9.17) is 0 Å². The van der Waals surface area contributed by atoms with Crippen LogP contribution in [0.2, 0.25) is 0 Å². The molecule has 1 heteroatoms. The number of unbranched alkanes of at least 4 members (excludes halogenated alkanes) is 26. The van der Waals surface area contributed by atoms with Crippen molar-refractivity contribution in [2.75, 3.05) is 0 Å². The van der Waals surface area contributed by atoms with E-state index in [0.717, 1.165) is 6.54 Å². The van der Waals surface area contributed by atoms with Crippen molar-refractivity contribution in [3.63, 3.8) is 0 Å². The van der Waals surface area contributed by atoms with Crippen molar-refractivity contribution >= 4 is 0 Å². The maximum Gasteiger partial charge on any atom is 0.173 e. The van der Waals surface area contributed by atoms with Crippen molar-refractivity contribution in [3.05, 3.63) is 65.5 Å². The van der Waals surface area contributed by atoms with Crippen LogP contribution in [0.4, 0.5) is 0 Å². The first-order valence-electron chi connectivity index (χ1n) is 20.4. The molecule has 1 heterocycles. The number of hydrogen-bond donors (Lipinski definition) is 0. The molecule has 2 rings (SSSR count). The van der Waals surface area contributed by atoms with Crippen molar-refractivity contribution in [1.82, 2.24) is 0 Å². The molecule has 256 valence electrons. The second-order valence-electron chi connectivity index (χ2n) is 14.3. The van der Waals surface area contributed by atoms with Gasteiger partial charge in [-0.15, -0.1) is 0 Å². The Morgan fingerprint density at radius 3 is 1.13 bits per heavy atom. The van der Waals surface area contributed by atoms with Gasteiger partial charge in [0.15, 0.2) is 18.9 Å². The van der Waals surface area contributed by atoms with Gasteiger partial charge >= 0.3 is 0 Å². The fourth-order valence-electron chi connectivity index (χ4n) is 7.00. The summed E-state index contributed by atoms with van der Waals surface area (Å²) in [4.78, 5) is 0. The van der Waals surface area contributed by atoms with E-state index in [9.17, 15) is 0 Å². The van der Waals surface area contributed by atoms with Crippen LogP contribution in [0.3, 0.4) is 0 Å². The molecule has 0 amide bonds. The highest BCUT2D eigenvalue weighted by Gasteiger charge is 2.11. The largest absolute Gasteiger partial charge is 0.200 e. The molecule has 0 fully saturated rings. The zero-order chi connectivity index (χ0) is 31.9. The SMILES string of the molecule is CCCCCCCCCCCCCCCCc1cc[n+](Cc2ccccc2)cc1CCCCCCCCCCCCCCCC. The quantitative estimate of drug-likeness (QED) is 0.0567. The summed E-state index contributed by atoms with van der Waals surface area (Å²) in [6.07, 6.45) is 47.5. The van der Waals surface area contributed by atoms with Crippen LogP contribution in [0.5, 0.6) is 0 Å². The molecule has 0 saturated heterocycles. The van der Waals surface area contributed by atoms with Gasteiger partial charge in [0.05, 0.1) is 0 Å². The summed E-state index contributed by atoms with van der Waals surface area (Å²) in [6, 6.07) is 13.4. The first-order valence-corrected chi connectivity index (χ1v) is 20.4. The Morgan fingerprint density at radius 2 is 0.733 bits per heavy atom. The predicted molar refractivity (Wildman–Crippen MR) is 200 cm³/mol. The molecule has 1 aromatic carbocycles. The van der Waals surface area contributed by atoms with Gasteiger partial charge in [0.1, 0.15) is 0 Å². The molecule has 0 radical (unpaired) electrons. The molecule has 0 N–H and O–H groups in total. The zero-order valence-corrected chi connectivity index (χ0v) is 30.5. The minimum Gasteiger partial charge on any atom is -0.200 e. The average Bonchev–Trinajstić information content (AvgIpc) is 3.06. The summed E-state index contributed by atoms with van der Waals surface area (Å²) in [5.41, 5.74) is 4.62. The molecule has 1 aromatic heterocycles. The molecule has 0 saturated carbocycles. The molecule has 2 aromatic rings. The van der Waals surface area contributed by atoms with Crippen molar-refractivity contribution in [1.29, 1.82) is 0 Å². The molecule has 45 heavy (non-hydrogen) atoms. The van der Waals surface area contributed by atoms with Crippen LogP contribution in [-0.2, 0) is 19.4 Å². The van der Waals surface area contributed by atoms with E-state index in [1.54, 1.807) is 11.1 Å². The summed E-state index contributed by atoms with van der Waals surface area (Å²) in [5, 5.41) is 0. The molecule has 0 aliphatic rings. The van der Waals surface area contributed by atoms with E-state index < -0.39 is 0 Å². The normalized spacial score (nSPS) is 11.4. The van der Waals surface area contributed by atoms with E-state index in [2.05, 4.69) is 67.2 Å². The first-order chi connectivity index (χ1) is 22.3. The first kappa shape index (κ1) is 39.5. The van der Waals surface area contributed by atoms with Gasteiger partial charge in [0.25, 0.3) is 0 Å². The third-order valence-electron chi connectivity index (χ3n) is 10.0. The standard InChI is InChI=1S/C44H76N/c1-3-5-7-9-11-13-15-17-19-21-23-25-27-32-36-43-38-39-45(40-42-34-30-29-31-35-42)41-44(43)37-33-28-26-24-22-20-18-16-14-12-10-8-6-4-2/h29-31,34-35,38-39,41H,3-28,32-33,36-37,40H2,1-2H3/q+1. The molecule has 0 bridgehead atoms. The third-order valence-corrected chi connectivity index (χ3v) is 10.0. The van der Waals surface area contributed by atoms with Gasteiger partial charge in [-0.25, -0.2) is 4.57 Å². The predicted octanol–water partition coefficient (Wildman–Crippen LogP) is 14.1. The Labute approximate surface area is 282 Å². The minimum atomic E-state index is 0.978. The molecular formula is C44H76N+. The Hall–Kier alpha value is -1.63. The van der Waals surface area contributed by atoms with Crippen LogP contribution in [0.25, 0.3) is 0 Å². The average molecular weight is 619 g/mol. The summed E-state index contributed by atoms with van der Waals surface area (Å²) in [7, 11) is 0. The second kappa shape index (κ2) is 29.8. The lowest BCUT2D eigenvalue weighted by Crippen LogP contribution is -2.34. The number of aryl methyl sites for hydroxylation is 2. The second-order valence-corrected chi connectivity index (χ2v) is 14.3. The fraction of sp³-hybridized carbons (Fsp3) is 0.750. The van der Waals surface area contributed by atoms with E-state index in [1.807, 2.05) is 0 Å². The molecule has 0 atom stereocenters. The number of aromatic nitrogens is 1. The van der Waals surface area contributed by atoms with Gasteiger partial charge in [0.2, 0.25) is 0 Å². The maximum absolute atomic E-state index is 2.48. The van der Waals surface area contributed by atoms with Gasteiger partial charge in [-0.2, -0.15) is 0 Å². The van der Waals surface area contributed by atoms with E-state index in [0.29, 0.717) is 0 Å². The van der Waals surface area contributed by atoms with E-state index >= 15 is 0 Å². The lowest BCUT2D eigenvalue weighted by molar-refractivity contribution is -0.688. The van der Waals surface area contributed by atoms with Gasteiger partial charge in [-0.3, -0.25) is 0 Å². The smallest absolute Gasteiger partial charge is 0.173 e. The third kappa shape index (κ3) is 22.5. The zero-order valence-electron chi connectivity index (χ0n) is 30.5. The Bertz CT molecular complexity index is 887. The number of rotatable bonds is 32. The number of hydrogen-bond acceptors (Lipinski definition) is 0. The highest BCUT2D eigenvalue weighted by Crippen LogP contribution is 2.18. The van der Waals surface area contributed by atoms with Crippen LogP contribution in [0.15, 0.2) is 48.8 Å². The molecular weight excluding hydrogens is 542 g/mol. The van der Waals surface area contributed by atoms with Crippen LogP contribution < -0.4 is 4.57 Å². The molecule has 0 spiro atoms. The molecule has 0 aliphatic carbocycles. The van der Waals surface area contributed by atoms with Crippen LogP contribution in [0, 0.1) is 0 Å². The number of benzene rings is 1. The van der Waals surface area contributed by atoms with E-state index in [-0.39, 0.29) is 0 Å². The number of nitrogens with zero attached hydrogens (tertiary/aromatic N) is 1. The fourth-order valence-corrected chi connectivity index (χ4v) is 7.00. The van der Waals surface area contributed by atoms with Crippen molar-refractivity contribution in [2.45, 2.75) is 213 Å². The topological polar surface area (TPSA) is 3.88 Å². The van der Waals surface area contributed by atoms with Gasteiger partial charge in [0, 0.05) is 17.2 Å². The Morgan fingerprint density at radius 1 is 0.378 bits per heavy atom. The van der Waals surface area contributed by atoms with Crippen molar-refractivity contribution in [2.24, 2.45) is 0 Å². The molecule has 0 unspecified atom stereocenters. The van der Waals surface area contributed by atoms with E-state index in [1.165, 1.54) is 198 Å². The molecule has 0 aliphatic heterocycles. The summed E-state index contributed by atoms with van der Waals surface area (Å²) < 4.78 is 2.42. The Kier molecular flexibility index (Phi) is 26.1. The van der Waals surface area contributed by atoms with Crippen LogP contribution in [0.1, 0.15) is 210 Å².